The molecule has 1 heterocycles. The molecule has 1 aromatic rings. The second kappa shape index (κ2) is 12.7. The number of aliphatic hydroxyl groups excluding tert-OH is 2. The Kier molecular flexibility index (Phi) is 10.7. The fourth-order valence-corrected chi connectivity index (χ4v) is 2.71. The molecule has 1 aromatic heterocycles. The number of nitrogens with zero attached hydrogens (tertiary/aromatic N) is 1. The third kappa shape index (κ3) is 7.90. The molecule has 0 aliphatic rings. The van der Waals surface area contributed by atoms with Gasteiger partial charge >= 0.3 is 5.97 Å². The molecule has 0 fully saturated rings. The van der Waals surface area contributed by atoms with Crippen LogP contribution in [0.2, 0.25) is 0 Å². The molecule has 0 saturated heterocycles. The highest BCUT2D eigenvalue weighted by Gasteiger charge is 2.32. The Morgan fingerprint density at radius 1 is 1.09 bits per heavy atom. The Hall–Kier alpha value is -3.03. The van der Waals surface area contributed by atoms with Crippen molar-refractivity contribution in [1.29, 1.82) is 0 Å². The van der Waals surface area contributed by atoms with Crippen molar-refractivity contribution in [2.75, 3.05) is 6.61 Å². The number of rotatable bonds is 13. The van der Waals surface area contributed by atoms with Gasteiger partial charge in [0.25, 0.3) is 0 Å². The zero-order valence-corrected chi connectivity index (χ0v) is 18.2. The van der Waals surface area contributed by atoms with Crippen LogP contribution in [-0.4, -0.2) is 85.9 Å². The van der Waals surface area contributed by atoms with Crippen molar-refractivity contribution in [3.05, 3.63) is 18.2 Å². The van der Waals surface area contributed by atoms with Gasteiger partial charge in [0.1, 0.15) is 12.1 Å². The van der Waals surface area contributed by atoms with Crippen molar-refractivity contribution in [2.45, 2.75) is 63.9 Å². The smallest absolute Gasteiger partial charge is 0.328 e. The first-order valence-electron chi connectivity index (χ1n) is 10.2. The van der Waals surface area contributed by atoms with Gasteiger partial charge in [0.15, 0.2) is 6.04 Å². The second-order valence-corrected chi connectivity index (χ2v) is 7.56. The number of aliphatic carboxylic acids is 1. The number of imidazole rings is 1. The van der Waals surface area contributed by atoms with E-state index in [-0.39, 0.29) is 12.3 Å². The molecule has 0 radical (unpaired) electrons. The number of aromatic nitrogens is 2. The molecular weight excluding hydrogens is 424 g/mol. The molecule has 0 bridgehead atoms. The van der Waals surface area contributed by atoms with E-state index in [1.165, 1.54) is 19.4 Å². The first kappa shape index (κ1) is 27.0. The van der Waals surface area contributed by atoms with Gasteiger partial charge in [-0.2, -0.15) is 0 Å². The summed E-state index contributed by atoms with van der Waals surface area (Å²) in [7, 11) is 0. The summed E-state index contributed by atoms with van der Waals surface area (Å²) in [6.45, 7) is 4.06. The second-order valence-electron chi connectivity index (χ2n) is 7.56. The molecule has 180 valence electrons. The van der Waals surface area contributed by atoms with E-state index in [9.17, 15) is 34.5 Å². The third-order valence-corrected chi connectivity index (χ3v) is 5.03. The fraction of sp³-hybridized carbons (Fsp3) is 0.632. The van der Waals surface area contributed by atoms with Crippen LogP contribution in [0.15, 0.2) is 12.5 Å². The summed E-state index contributed by atoms with van der Waals surface area (Å²) in [5.74, 6) is -4.02. The highest BCUT2D eigenvalue weighted by atomic mass is 16.4. The molecule has 0 aliphatic heterocycles. The summed E-state index contributed by atoms with van der Waals surface area (Å²) < 4.78 is 0. The van der Waals surface area contributed by atoms with E-state index in [0.29, 0.717) is 12.1 Å². The van der Waals surface area contributed by atoms with Crippen LogP contribution in [0.4, 0.5) is 0 Å². The van der Waals surface area contributed by atoms with Crippen LogP contribution in [0.1, 0.15) is 32.9 Å². The van der Waals surface area contributed by atoms with Crippen molar-refractivity contribution >= 4 is 23.7 Å². The van der Waals surface area contributed by atoms with E-state index in [1.54, 1.807) is 6.92 Å². The summed E-state index contributed by atoms with van der Waals surface area (Å²) >= 11 is 0. The van der Waals surface area contributed by atoms with Crippen LogP contribution in [0, 0.1) is 5.92 Å². The molecule has 0 aromatic carbocycles. The maximum Gasteiger partial charge on any atom is 0.328 e. The number of nitrogens with one attached hydrogen (secondary N) is 4. The van der Waals surface area contributed by atoms with Gasteiger partial charge in [0.05, 0.1) is 25.1 Å². The van der Waals surface area contributed by atoms with Gasteiger partial charge in [-0.1, -0.05) is 20.3 Å². The number of carboxylic acid groups (broad SMARTS) is 1. The van der Waals surface area contributed by atoms with Crippen molar-refractivity contribution in [2.24, 2.45) is 11.7 Å². The van der Waals surface area contributed by atoms with E-state index in [4.69, 9.17) is 5.73 Å². The first-order valence-corrected chi connectivity index (χ1v) is 10.2. The van der Waals surface area contributed by atoms with Gasteiger partial charge in [0.2, 0.25) is 17.7 Å². The molecule has 0 aliphatic carbocycles. The molecule has 0 saturated carbocycles. The summed E-state index contributed by atoms with van der Waals surface area (Å²) in [6, 6.07) is -5.18. The van der Waals surface area contributed by atoms with Gasteiger partial charge in [0, 0.05) is 18.3 Å². The SMILES string of the molecule is CCC(C)C(N)C(=O)NC(CO)C(=O)NC(Cc1cnc[nH]1)C(=O)NC(C(=O)O)C(C)O. The lowest BCUT2D eigenvalue weighted by atomic mass is 9.99. The Morgan fingerprint density at radius 2 is 1.69 bits per heavy atom. The zero-order chi connectivity index (χ0) is 24.4. The van der Waals surface area contributed by atoms with Gasteiger partial charge < -0.3 is 42.0 Å². The molecule has 3 amide bonds. The highest BCUT2D eigenvalue weighted by Crippen LogP contribution is 2.06. The van der Waals surface area contributed by atoms with Gasteiger partial charge in [-0.05, 0) is 12.8 Å². The standard InChI is InChI=1S/C19H32N6O7/c1-4-9(2)14(20)18(30)24-13(7-26)17(29)23-12(5-11-6-21-8-22-11)16(28)25-15(10(3)27)19(31)32/h6,8-10,12-15,26-27H,4-5,7,20H2,1-3H3,(H,21,22)(H,23,29)(H,24,30)(H,25,28)(H,31,32). The average Bonchev–Trinajstić information content (AvgIpc) is 3.26. The lowest BCUT2D eigenvalue weighted by Gasteiger charge is -2.25. The monoisotopic (exact) mass is 456 g/mol. The molecule has 6 unspecified atom stereocenters. The van der Waals surface area contributed by atoms with E-state index in [1.807, 2.05) is 6.92 Å². The number of carbonyl (C=O) groups is 4. The lowest BCUT2D eigenvalue weighted by Crippen LogP contribution is -2.59. The van der Waals surface area contributed by atoms with Crippen LogP contribution in [0.25, 0.3) is 0 Å². The Morgan fingerprint density at radius 3 is 2.16 bits per heavy atom. The van der Waals surface area contributed by atoms with E-state index in [0.717, 1.165) is 0 Å². The number of nitrogens with two attached hydrogens (primary N) is 1. The molecular formula is C19H32N6O7. The Bertz CT molecular complexity index is 770. The first-order chi connectivity index (χ1) is 15.0. The van der Waals surface area contributed by atoms with Crippen LogP contribution < -0.4 is 21.7 Å². The van der Waals surface area contributed by atoms with E-state index >= 15 is 0 Å². The van der Waals surface area contributed by atoms with Crippen LogP contribution >= 0.6 is 0 Å². The average molecular weight is 457 g/mol. The molecule has 9 N–H and O–H groups in total. The minimum absolute atomic E-state index is 0.0950. The number of amides is 3. The summed E-state index contributed by atoms with van der Waals surface area (Å²) in [5.41, 5.74) is 6.30. The minimum Gasteiger partial charge on any atom is -0.480 e. The minimum atomic E-state index is -1.61. The lowest BCUT2D eigenvalue weighted by molar-refractivity contribution is -0.145. The molecule has 6 atom stereocenters. The van der Waals surface area contributed by atoms with E-state index < -0.39 is 60.6 Å². The fourth-order valence-electron chi connectivity index (χ4n) is 2.71. The molecule has 0 spiro atoms. The topological polar surface area (TPSA) is 220 Å². The maximum atomic E-state index is 12.7. The molecule has 32 heavy (non-hydrogen) atoms. The normalized spacial score (nSPS) is 16.7. The van der Waals surface area contributed by atoms with Gasteiger partial charge in [-0.15, -0.1) is 0 Å². The van der Waals surface area contributed by atoms with Crippen LogP contribution in [0.5, 0.6) is 0 Å². The highest BCUT2D eigenvalue weighted by molar-refractivity contribution is 5.94. The molecule has 13 nitrogen and oxygen atoms in total. The third-order valence-electron chi connectivity index (χ3n) is 5.03. The molecule has 13 heteroatoms. The van der Waals surface area contributed by atoms with Crippen LogP contribution in [-0.2, 0) is 25.6 Å². The number of H-pyrrole nitrogens is 1. The number of carboxylic acids is 1. The number of hydrogen-bond donors (Lipinski definition) is 8. The van der Waals surface area contributed by atoms with E-state index in [2.05, 4.69) is 25.9 Å². The van der Waals surface area contributed by atoms with Crippen molar-refractivity contribution in [3.63, 3.8) is 0 Å². The number of carbonyl (C=O) groups excluding carboxylic acids is 3. The number of aromatic amines is 1. The predicted molar refractivity (Wildman–Crippen MR) is 112 cm³/mol. The Balaban J connectivity index is 2.96. The quantitative estimate of drug-likeness (QED) is 0.154. The number of hydrogen-bond acceptors (Lipinski definition) is 8. The summed E-state index contributed by atoms with van der Waals surface area (Å²) in [4.78, 5) is 55.5. The zero-order valence-electron chi connectivity index (χ0n) is 18.2. The van der Waals surface area contributed by atoms with Crippen LogP contribution in [0.3, 0.4) is 0 Å². The Labute approximate surface area is 185 Å². The summed E-state index contributed by atoms with van der Waals surface area (Å²) in [6.07, 6.45) is 1.90. The largest absolute Gasteiger partial charge is 0.480 e. The maximum absolute atomic E-state index is 12.7. The van der Waals surface area contributed by atoms with Crippen molar-refractivity contribution < 1.29 is 34.5 Å². The van der Waals surface area contributed by atoms with Crippen molar-refractivity contribution in [3.8, 4) is 0 Å². The predicted octanol–water partition coefficient (Wildman–Crippen LogP) is -2.76. The molecule has 1 rings (SSSR count). The van der Waals surface area contributed by atoms with Crippen molar-refractivity contribution in [1.82, 2.24) is 25.9 Å². The summed E-state index contributed by atoms with van der Waals surface area (Å²) in [5, 5.41) is 35.3. The van der Waals surface area contributed by atoms with Gasteiger partial charge in [-0.3, -0.25) is 14.4 Å². The van der Waals surface area contributed by atoms with Gasteiger partial charge in [-0.25, -0.2) is 9.78 Å². The number of aliphatic hydroxyl groups is 2.